The molecule has 1 fully saturated rings. The number of hydrogen-bond donors (Lipinski definition) is 0. The molecule has 148 valence electrons. The molecular formula is C23H34N2O2. The van der Waals surface area contributed by atoms with Crippen LogP contribution in [0.15, 0.2) is 24.3 Å². The number of fused-ring (bicyclic) bond motifs is 1. The van der Waals surface area contributed by atoms with Crippen LogP contribution in [-0.2, 0) is 16.1 Å². The number of para-hydroxylation sites is 1. The predicted molar refractivity (Wildman–Crippen MR) is 110 cm³/mol. The highest BCUT2D eigenvalue weighted by Crippen LogP contribution is 2.29. The SMILES string of the molecule is CC(=O)N1CCCCCCN(C(=O)CCC2CCCC2)Cc2ccccc21. The number of anilines is 1. The second-order valence-electron chi connectivity index (χ2n) is 8.22. The summed E-state index contributed by atoms with van der Waals surface area (Å²) < 4.78 is 0. The van der Waals surface area contributed by atoms with Crippen molar-refractivity contribution in [1.29, 1.82) is 0 Å². The van der Waals surface area contributed by atoms with Gasteiger partial charge in [0.2, 0.25) is 11.8 Å². The Labute approximate surface area is 163 Å². The first kappa shape index (κ1) is 19.9. The maximum absolute atomic E-state index is 13.0. The van der Waals surface area contributed by atoms with Crippen molar-refractivity contribution in [1.82, 2.24) is 4.90 Å². The largest absolute Gasteiger partial charge is 0.338 e. The van der Waals surface area contributed by atoms with E-state index in [-0.39, 0.29) is 11.8 Å². The summed E-state index contributed by atoms with van der Waals surface area (Å²) in [5.41, 5.74) is 2.06. The van der Waals surface area contributed by atoms with Crippen LogP contribution in [0.2, 0.25) is 0 Å². The van der Waals surface area contributed by atoms with Crippen molar-refractivity contribution in [3.63, 3.8) is 0 Å². The Morgan fingerprint density at radius 2 is 1.67 bits per heavy atom. The molecule has 1 aromatic carbocycles. The fraction of sp³-hybridized carbons (Fsp3) is 0.652. The summed E-state index contributed by atoms with van der Waals surface area (Å²) in [7, 11) is 0. The van der Waals surface area contributed by atoms with E-state index in [1.54, 1.807) is 6.92 Å². The molecule has 27 heavy (non-hydrogen) atoms. The van der Waals surface area contributed by atoms with E-state index in [9.17, 15) is 9.59 Å². The number of nitrogens with zero attached hydrogens (tertiary/aromatic N) is 2. The molecule has 0 spiro atoms. The molecule has 0 atom stereocenters. The lowest BCUT2D eigenvalue weighted by atomic mass is 10.0. The lowest BCUT2D eigenvalue weighted by Crippen LogP contribution is -2.34. The van der Waals surface area contributed by atoms with E-state index in [0.717, 1.165) is 62.4 Å². The molecule has 0 N–H and O–H groups in total. The normalized spacial score (nSPS) is 19.4. The van der Waals surface area contributed by atoms with Gasteiger partial charge in [0, 0.05) is 38.7 Å². The Balaban J connectivity index is 1.75. The van der Waals surface area contributed by atoms with Crippen LogP contribution in [0.4, 0.5) is 5.69 Å². The molecule has 1 aromatic rings. The third kappa shape index (κ3) is 5.57. The molecule has 2 aliphatic rings. The van der Waals surface area contributed by atoms with Crippen LogP contribution in [0, 0.1) is 5.92 Å². The van der Waals surface area contributed by atoms with Crippen molar-refractivity contribution in [3.8, 4) is 0 Å². The number of rotatable bonds is 3. The number of amides is 2. The highest BCUT2D eigenvalue weighted by Gasteiger charge is 2.22. The zero-order chi connectivity index (χ0) is 19.1. The van der Waals surface area contributed by atoms with Gasteiger partial charge in [0.25, 0.3) is 0 Å². The third-order valence-corrected chi connectivity index (χ3v) is 6.18. The Bertz CT molecular complexity index is 637. The van der Waals surface area contributed by atoms with Gasteiger partial charge in [-0.25, -0.2) is 0 Å². The fourth-order valence-electron chi connectivity index (χ4n) is 4.56. The molecule has 0 radical (unpaired) electrons. The molecule has 0 aromatic heterocycles. The summed E-state index contributed by atoms with van der Waals surface area (Å²) in [5.74, 6) is 1.12. The van der Waals surface area contributed by atoms with Crippen molar-refractivity contribution >= 4 is 17.5 Å². The topological polar surface area (TPSA) is 40.6 Å². The number of benzene rings is 1. The molecule has 3 rings (SSSR count). The Hall–Kier alpha value is -1.84. The van der Waals surface area contributed by atoms with Gasteiger partial charge < -0.3 is 9.80 Å². The summed E-state index contributed by atoms with van der Waals surface area (Å²) in [6, 6.07) is 8.09. The van der Waals surface area contributed by atoms with Gasteiger partial charge in [-0.2, -0.15) is 0 Å². The summed E-state index contributed by atoms with van der Waals surface area (Å²) in [4.78, 5) is 29.1. The zero-order valence-corrected chi connectivity index (χ0v) is 16.8. The average molecular weight is 371 g/mol. The summed E-state index contributed by atoms with van der Waals surface area (Å²) in [6.07, 6.45) is 11.3. The fourth-order valence-corrected chi connectivity index (χ4v) is 4.56. The van der Waals surface area contributed by atoms with Gasteiger partial charge in [0.05, 0.1) is 0 Å². The van der Waals surface area contributed by atoms with Crippen molar-refractivity contribution < 1.29 is 9.59 Å². The molecule has 4 nitrogen and oxygen atoms in total. The van der Waals surface area contributed by atoms with Crippen molar-refractivity contribution in [2.45, 2.75) is 77.7 Å². The minimum absolute atomic E-state index is 0.0841. The monoisotopic (exact) mass is 370 g/mol. The third-order valence-electron chi connectivity index (χ3n) is 6.18. The van der Waals surface area contributed by atoms with Gasteiger partial charge in [0.15, 0.2) is 0 Å². The van der Waals surface area contributed by atoms with Gasteiger partial charge in [0.1, 0.15) is 0 Å². The van der Waals surface area contributed by atoms with E-state index in [1.807, 2.05) is 28.0 Å². The standard InChI is InChI=1S/C23H34N2O2/c1-19(26)25-17-9-3-2-8-16-24(18-21-12-6-7-13-22(21)25)23(27)15-14-20-10-4-5-11-20/h6-7,12-13,20H,2-5,8-11,14-18H2,1H3. The van der Waals surface area contributed by atoms with Crippen LogP contribution in [0.3, 0.4) is 0 Å². The van der Waals surface area contributed by atoms with E-state index in [4.69, 9.17) is 0 Å². The van der Waals surface area contributed by atoms with Gasteiger partial charge >= 0.3 is 0 Å². The smallest absolute Gasteiger partial charge is 0.223 e. The highest BCUT2D eigenvalue weighted by molar-refractivity contribution is 5.92. The van der Waals surface area contributed by atoms with Crippen molar-refractivity contribution in [2.24, 2.45) is 5.92 Å². The number of carbonyl (C=O) groups excluding carboxylic acids is 2. The maximum Gasteiger partial charge on any atom is 0.223 e. The second kappa shape index (κ2) is 9.91. The highest BCUT2D eigenvalue weighted by atomic mass is 16.2. The molecular weight excluding hydrogens is 336 g/mol. The molecule has 4 heteroatoms. The zero-order valence-electron chi connectivity index (χ0n) is 16.8. The first-order chi connectivity index (χ1) is 13.1. The Morgan fingerprint density at radius 1 is 0.963 bits per heavy atom. The molecule has 0 unspecified atom stereocenters. The lowest BCUT2D eigenvalue weighted by molar-refractivity contribution is -0.132. The number of carbonyl (C=O) groups is 2. The van der Waals surface area contributed by atoms with E-state index < -0.39 is 0 Å². The van der Waals surface area contributed by atoms with Crippen LogP contribution >= 0.6 is 0 Å². The van der Waals surface area contributed by atoms with E-state index >= 15 is 0 Å². The van der Waals surface area contributed by atoms with E-state index in [1.165, 1.54) is 25.7 Å². The minimum atomic E-state index is 0.0841. The Kier molecular flexibility index (Phi) is 7.31. The van der Waals surface area contributed by atoms with Crippen molar-refractivity contribution in [3.05, 3.63) is 29.8 Å². The second-order valence-corrected chi connectivity index (χ2v) is 8.22. The van der Waals surface area contributed by atoms with Gasteiger partial charge in [-0.1, -0.05) is 56.7 Å². The maximum atomic E-state index is 13.0. The van der Waals surface area contributed by atoms with Gasteiger partial charge in [-0.15, -0.1) is 0 Å². The lowest BCUT2D eigenvalue weighted by Gasteiger charge is -2.27. The first-order valence-corrected chi connectivity index (χ1v) is 10.8. The minimum Gasteiger partial charge on any atom is -0.338 e. The van der Waals surface area contributed by atoms with Crippen LogP contribution in [0.25, 0.3) is 0 Å². The van der Waals surface area contributed by atoms with Crippen LogP contribution in [0.1, 0.15) is 76.7 Å². The summed E-state index contributed by atoms with van der Waals surface area (Å²) >= 11 is 0. The first-order valence-electron chi connectivity index (χ1n) is 10.8. The summed E-state index contributed by atoms with van der Waals surface area (Å²) in [5, 5.41) is 0. The van der Waals surface area contributed by atoms with Crippen LogP contribution in [0.5, 0.6) is 0 Å². The molecule has 1 heterocycles. The average Bonchev–Trinajstić information content (AvgIpc) is 3.17. The molecule has 2 amide bonds. The van der Waals surface area contributed by atoms with Gasteiger partial charge in [-0.05, 0) is 36.8 Å². The molecule has 1 aliphatic heterocycles. The van der Waals surface area contributed by atoms with Crippen molar-refractivity contribution in [2.75, 3.05) is 18.0 Å². The molecule has 1 aliphatic carbocycles. The predicted octanol–water partition coefficient (Wildman–Crippen LogP) is 4.91. The molecule has 0 saturated heterocycles. The molecule has 0 bridgehead atoms. The quantitative estimate of drug-likeness (QED) is 0.758. The Morgan fingerprint density at radius 3 is 2.41 bits per heavy atom. The van der Waals surface area contributed by atoms with Crippen LogP contribution < -0.4 is 4.90 Å². The van der Waals surface area contributed by atoms with Gasteiger partial charge in [-0.3, -0.25) is 9.59 Å². The molecule has 1 saturated carbocycles. The number of hydrogen-bond acceptors (Lipinski definition) is 2. The van der Waals surface area contributed by atoms with E-state index in [2.05, 4.69) is 6.07 Å². The van der Waals surface area contributed by atoms with E-state index in [0.29, 0.717) is 13.0 Å². The van der Waals surface area contributed by atoms with Crippen LogP contribution in [-0.4, -0.2) is 29.8 Å². The summed E-state index contributed by atoms with van der Waals surface area (Å²) in [6.45, 7) is 3.85.